The molecule has 0 fully saturated rings. The highest BCUT2D eigenvalue weighted by atomic mass is 16.5. The lowest BCUT2D eigenvalue weighted by molar-refractivity contribution is -0.129. The van der Waals surface area contributed by atoms with Crippen molar-refractivity contribution in [1.82, 2.24) is 0 Å². The van der Waals surface area contributed by atoms with Gasteiger partial charge >= 0.3 is 0 Å². The minimum Gasteiger partial charge on any atom is -0.506 e. The van der Waals surface area contributed by atoms with E-state index in [2.05, 4.69) is 13.2 Å². The third-order valence-corrected chi connectivity index (χ3v) is 5.48. The Labute approximate surface area is 183 Å². The van der Waals surface area contributed by atoms with E-state index in [1.807, 2.05) is 0 Å². The molecule has 0 heterocycles. The molecule has 5 heteroatoms. The minimum absolute atomic E-state index is 0.0202. The van der Waals surface area contributed by atoms with Crippen LogP contribution in [0.5, 0.6) is 0 Å². The van der Waals surface area contributed by atoms with Crippen LogP contribution < -0.4 is 0 Å². The molecule has 0 bridgehead atoms. The summed E-state index contributed by atoms with van der Waals surface area (Å²) in [6.45, 7) is 11.1. The second-order valence-electron chi connectivity index (χ2n) is 7.65. The summed E-state index contributed by atoms with van der Waals surface area (Å²) >= 11 is 0. The smallest absolute Gasteiger partial charge is 0.200 e. The van der Waals surface area contributed by atoms with Crippen molar-refractivity contribution in [1.29, 1.82) is 0 Å². The highest BCUT2D eigenvalue weighted by molar-refractivity contribution is 6.34. The number of aldehydes is 1. The van der Waals surface area contributed by atoms with E-state index < -0.39 is 22.7 Å². The van der Waals surface area contributed by atoms with Crippen molar-refractivity contribution in [3.05, 3.63) is 89.3 Å². The van der Waals surface area contributed by atoms with Gasteiger partial charge < -0.3 is 9.84 Å². The summed E-state index contributed by atoms with van der Waals surface area (Å²) < 4.78 is 5.62. The summed E-state index contributed by atoms with van der Waals surface area (Å²) in [5, 5.41) is 11.0. The van der Waals surface area contributed by atoms with Crippen molar-refractivity contribution < 1.29 is 24.2 Å². The van der Waals surface area contributed by atoms with Gasteiger partial charge in [0.15, 0.2) is 11.6 Å². The zero-order chi connectivity index (χ0) is 23.2. The van der Waals surface area contributed by atoms with Crippen molar-refractivity contribution in [2.24, 2.45) is 5.41 Å². The lowest BCUT2D eigenvalue weighted by Gasteiger charge is -2.38. The van der Waals surface area contributed by atoms with Gasteiger partial charge in [0.25, 0.3) is 0 Å². The van der Waals surface area contributed by atoms with E-state index in [9.17, 15) is 19.5 Å². The molecule has 1 atom stereocenters. The molecule has 1 aliphatic rings. The minimum atomic E-state index is -1.38. The number of allylic oxidation sites excluding steroid dienone is 7. The zero-order valence-corrected chi connectivity index (χ0v) is 18.2. The summed E-state index contributed by atoms with van der Waals surface area (Å²) in [5.41, 5.74) is 0.0646. The van der Waals surface area contributed by atoms with Crippen LogP contribution in [0.3, 0.4) is 0 Å². The number of hydrogen-bond donors (Lipinski definition) is 1. The normalized spacial score (nSPS) is 20.2. The van der Waals surface area contributed by atoms with Gasteiger partial charge in [-0.25, -0.2) is 0 Å². The number of carbonyl (C=O) groups is 3. The average molecular weight is 421 g/mol. The quantitative estimate of drug-likeness (QED) is 0.198. The van der Waals surface area contributed by atoms with Crippen LogP contribution in [0.15, 0.2) is 83.7 Å². The van der Waals surface area contributed by atoms with Crippen LogP contribution in [0, 0.1) is 5.41 Å². The summed E-state index contributed by atoms with van der Waals surface area (Å²) in [4.78, 5) is 39.0. The maximum Gasteiger partial charge on any atom is 0.200 e. The summed E-state index contributed by atoms with van der Waals surface area (Å²) in [6, 6.07) is 8.41. The van der Waals surface area contributed by atoms with Gasteiger partial charge in [0, 0.05) is 11.1 Å². The molecule has 0 saturated carbocycles. The molecule has 1 aliphatic carbocycles. The maximum absolute atomic E-state index is 13.9. The van der Waals surface area contributed by atoms with Gasteiger partial charge in [0.05, 0.1) is 12.5 Å². The number of rotatable bonds is 9. The molecule has 0 aliphatic heterocycles. The van der Waals surface area contributed by atoms with E-state index in [1.165, 1.54) is 7.11 Å². The first kappa shape index (κ1) is 23.8. The summed E-state index contributed by atoms with van der Waals surface area (Å²) in [6.07, 6.45) is 4.10. The van der Waals surface area contributed by atoms with E-state index in [1.54, 1.807) is 56.3 Å². The van der Waals surface area contributed by atoms with Crippen molar-refractivity contribution in [3.63, 3.8) is 0 Å². The van der Waals surface area contributed by atoms with Crippen LogP contribution in [0.25, 0.3) is 5.76 Å². The Balaban J connectivity index is 2.94. The number of ketones is 2. The predicted octanol–water partition coefficient (Wildman–Crippen LogP) is 5.07. The second-order valence-corrected chi connectivity index (χ2v) is 7.65. The number of methoxy groups -OCH3 is 1. The molecule has 1 aromatic rings. The Hall–Kier alpha value is -3.47. The van der Waals surface area contributed by atoms with Crippen LogP contribution in [-0.2, 0) is 19.1 Å². The van der Waals surface area contributed by atoms with E-state index >= 15 is 0 Å². The van der Waals surface area contributed by atoms with Gasteiger partial charge in [0.2, 0.25) is 0 Å². The van der Waals surface area contributed by atoms with Crippen LogP contribution in [0.1, 0.15) is 38.7 Å². The molecule has 0 saturated heterocycles. The van der Waals surface area contributed by atoms with Crippen LogP contribution in [0.2, 0.25) is 0 Å². The van der Waals surface area contributed by atoms with Crippen molar-refractivity contribution >= 4 is 23.6 Å². The van der Waals surface area contributed by atoms with Gasteiger partial charge in [-0.2, -0.15) is 0 Å². The molecule has 0 aromatic heterocycles. The standard InChI is InChI=1S/C26H28O5/c1-6-11-20-23(29)21(22(28)18-12-9-8-10-13-18)24(30)26(14-7-2,25(20)31-5)15-19(16-27)17(3)4/h6-10,12-13,16,28H,1-2,11,14-15H2,3-5H3/b22-21+. The van der Waals surface area contributed by atoms with E-state index in [-0.39, 0.29) is 36.2 Å². The molecule has 1 aromatic carbocycles. The Morgan fingerprint density at radius 2 is 1.77 bits per heavy atom. The molecule has 1 N–H and O–H groups in total. The topological polar surface area (TPSA) is 80.7 Å². The number of hydrogen-bond acceptors (Lipinski definition) is 5. The van der Waals surface area contributed by atoms with Crippen molar-refractivity contribution in [2.45, 2.75) is 33.1 Å². The lowest BCUT2D eigenvalue weighted by Crippen LogP contribution is -2.43. The van der Waals surface area contributed by atoms with Crippen LogP contribution in [-0.4, -0.2) is 30.1 Å². The number of Topliss-reactive ketones (excluding diaryl/α,β-unsaturated/α-hetero) is 2. The van der Waals surface area contributed by atoms with E-state index in [4.69, 9.17) is 4.74 Å². The van der Waals surface area contributed by atoms with Gasteiger partial charge in [-0.1, -0.05) is 48.1 Å². The second kappa shape index (κ2) is 10.0. The van der Waals surface area contributed by atoms with Gasteiger partial charge in [-0.3, -0.25) is 14.4 Å². The molecule has 5 nitrogen and oxygen atoms in total. The molecule has 31 heavy (non-hydrogen) atoms. The molecule has 1 unspecified atom stereocenters. The number of benzene rings is 1. The Kier molecular flexibility index (Phi) is 7.70. The molecular weight excluding hydrogens is 392 g/mol. The molecule has 0 spiro atoms. The first-order valence-corrected chi connectivity index (χ1v) is 9.98. The number of aliphatic hydroxyl groups is 1. The third-order valence-electron chi connectivity index (χ3n) is 5.48. The first-order chi connectivity index (χ1) is 14.8. The largest absolute Gasteiger partial charge is 0.506 e. The van der Waals surface area contributed by atoms with Gasteiger partial charge in [-0.05, 0) is 38.7 Å². The van der Waals surface area contributed by atoms with E-state index in [0.29, 0.717) is 17.4 Å². The molecule has 162 valence electrons. The first-order valence-electron chi connectivity index (χ1n) is 9.98. The van der Waals surface area contributed by atoms with Crippen LogP contribution in [0.4, 0.5) is 0 Å². The molecular formula is C26H28O5. The lowest BCUT2D eigenvalue weighted by atomic mass is 9.64. The van der Waals surface area contributed by atoms with Crippen molar-refractivity contribution in [3.8, 4) is 0 Å². The highest BCUT2D eigenvalue weighted by Crippen LogP contribution is 2.48. The fourth-order valence-electron chi connectivity index (χ4n) is 3.92. The average Bonchev–Trinajstić information content (AvgIpc) is 2.76. The SMILES string of the molecule is C=CCC1=C(OC)C(CC=C)(CC(C=O)=C(C)C)C(=O)/C(=C(/O)c2ccccc2)C1=O. The number of ether oxygens (including phenoxy) is 1. The van der Waals surface area contributed by atoms with E-state index in [0.717, 1.165) is 5.57 Å². The summed E-state index contributed by atoms with van der Waals surface area (Å²) in [7, 11) is 1.39. The highest BCUT2D eigenvalue weighted by Gasteiger charge is 2.52. The molecule has 0 radical (unpaired) electrons. The Morgan fingerprint density at radius 3 is 2.26 bits per heavy atom. The zero-order valence-electron chi connectivity index (χ0n) is 18.2. The fraction of sp³-hybridized carbons (Fsp3) is 0.269. The number of aliphatic hydroxyl groups excluding tert-OH is 1. The van der Waals surface area contributed by atoms with Gasteiger partial charge in [0.1, 0.15) is 23.4 Å². The monoisotopic (exact) mass is 420 g/mol. The van der Waals surface area contributed by atoms with Gasteiger partial charge in [-0.15, -0.1) is 13.2 Å². The van der Waals surface area contributed by atoms with Crippen molar-refractivity contribution in [2.75, 3.05) is 7.11 Å². The Bertz CT molecular complexity index is 1000. The molecule has 2 rings (SSSR count). The third kappa shape index (κ3) is 4.36. The predicted molar refractivity (Wildman–Crippen MR) is 121 cm³/mol. The fourth-order valence-corrected chi connectivity index (χ4v) is 3.92. The van der Waals surface area contributed by atoms with Crippen LogP contribution >= 0.6 is 0 Å². The number of carbonyl (C=O) groups excluding carboxylic acids is 3. The maximum atomic E-state index is 13.9. The molecule has 0 amide bonds. The Morgan fingerprint density at radius 1 is 1.13 bits per heavy atom. The summed E-state index contributed by atoms with van der Waals surface area (Å²) in [5.74, 6) is -1.41.